The van der Waals surface area contributed by atoms with Crippen molar-refractivity contribution < 1.29 is 109 Å². The highest BCUT2D eigenvalue weighted by Gasteiger charge is 2.52. The number of carbonyl (C=O) groups excluding carboxylic acids is 1. The van der Waals surface area contributed by atoms with E-state index in [0.717, 1.165) is 12.2 Å². The second-order valence-electron chi connectivity index (χ2n) is 15.3. The monoisotopic (exact) mass is 904 g/mol. The molecular formula is C42H48O22. The summed E-state index contributed by atoms with van der Waals surface area (Å²) in [6.07, 6.45) is -21.9. The average molecular weight is 905 g/mol. The van der Waals surface area contributed by atoms with E-state index >= 15 is 0 Å². The zero-order chi connectivity index (χ0) is 46.0. The molecule has 7 rings (SSSR count). The maximum atomic E-state index is 12.8. The Morgan fingerprint density at radius 1 is 0.625 bits per heavy atom. The minimum atomic E-state index is -2.02. The van der Waals surface area contributed by atoms with Crippen LogP contribution < -0.4 is 0 Å². The van der Waals surface area contributed by atoms with Gasteiger partial charge in [0.25, 0.3) is 0 Å². The van der Waals surface area contributed by atoms with Crippen LogP contribution in [0, 0.1) is 0 Å². The van der Waals surface area contributed by atoms with Crippen LogP contribution in [0.5, 0.6) is 11.5 Å². The third-order valence-electron chi connectivity index (χ3n) is 10.9. The number of aliphatic hydroxyl groups is 11. The van der Waals surface area contributed by atoms with Gasteiger partial charge in [-0.3, -0.25) is 0 Å². The van der Waals surface area contributed by atoms with Crippen molar-refractivity contribution in [1.82, 2.24) is 0 Å². The normalized spacial score (nSPS) is 36.6. The molecule has 22 nitrogen and oxygen atoms in total. The van der Waals surface area contributed by atoms with Crippen molar-refractivity contribution in [2.45, 2.75) is 98.2 Å². The minimum absolute atomic E-state index is 0.00210. The molecule has 5 aliphatic rings. The molecule has 2 aromatic carbocycles. The third-order valence-corrected chi connectivity index (χ3v) is 10.9. The molecule has 0 radical (unpaired) electrons. The summed E-state index contributed by atoms with van der Waals surface area (Å²) in [5.41, 5.74) is 0.835. The van der Waals surface area contributed by atoms with Gasteiger partial charge in [-0.25, -0.2) is 4.79 Å². The molecule has 0 amide bonds. The fourth-order valence-electron chi connectivity index (χ4n) is 7.30. The lowest BCUT2D eigenvalue weighted by atomic mass is 9.96. The van der Waals surface area contributed by atoms with Gasteiger partial charge in [0, 0.05) is 29.4 Å². The van der Waals surface area contributed by atoms with Crippen LogP contribution in [0.4, 0.5) is 0 Å². The van der Waals surface area contributed by atoms with Crippen LogP contribution in [0.25, 0.3) is 11.8 Å². The van der Waals surface area contributed by atoms with E-state index in [1.54, 1.807) is 0 Å². The van der Waals surface area contributed by atoms with Crippen molar-refractivity contribution in [2.24, 2.45) is 0 Å². The highest BCUT2D eigenvalue weighted by atomic mass is 16.8. The summed E-state index contributed by atoms with van der Waals surface area (Å²) < 4.78 is 46.9. The van der Waals surface area contributed by atoms with Gasteiger partial charge in [0.1, 0.15) is 103 Å². The molecule has 0 bridgehead atoms. The molecule has 64 heavy (non-hydrogen) atoms. The molecule has 3 saturated heterocycles. The van der Waals surface area contributed by atoms with Gasteiger partial charge in [0.15, 0.2) is 23.9 Å². The van der Waals surface area contributed by atoms with Crippen LogP contribution in [-0.4, -0.2) is 190 Å². The number of esters is 1. The number of hydrogen-bond donors (Lipinski definition) is 13. The van der Waals surface area contributed by atoms with E-state index in [0.29, 0.717) is 5.56 Å². The molecule has 348 valence electrons. The molecule has 4 aliphatic heterocycles. The molecule has 2 aromatic rings. The minimum Gasteiger partial charge on any atom is -0.508 e. The van der Waals surface area contributed by atoms with Gasteiger partial charge >= 0.3 is 5.97 Å². The molecule has 0 spiro atoms. The van der Waals surface area contributed by atoms with Crippen LogP contribution >= 0.6 is 0 Å². The number of aromatic hydroxyl groups is 2. The first kappa shape index (κ1) is 46.8. The largest absolute Gasteiger partial charge is 0.508 e. The number of phenolic OH excluding ortho intramolecular Hbond substituents is 2. The van der Waals surface area contributed by atoms with E-state index in [9.17, 15) is 71.2 Å². The molecule has 1 aliphatic carbocycles. The van der Waals surface area contributed by atoms with Gasteiger partial charge in [-0.1, -0.05) is 12.1 Å². The molecule has 0 aromatic heterocycles. The van der Waals surface area contributed by atoms with Crippen molar-refractivity contribution in [2.75, 3.05) is 19.8 Å². The van der Waals surface area contributed by atoms with Crippen LogP contribution in [-0.2, 0) is 42.7 Å². The number of rotatable bonds is 13. The van der Waals surface area contributed by atoms with Crippen LogP contribution in [0.3, 0.4) is 0 Å². The fourth-order valence-corrected chi connectivity index (χ4v) is 7.30. The fraction of sp³-hybridized carbons (Fsp3) is 0.452. The maximum absolute atomic E-state index is 12.8. The van der Waals surface area contributed by atoms with Crippen LogP contribution in [0.1, 0.15) is 11.1 Å². The standard InChI is InChI=1S/C42H48O22/c43-14-26-30(49)33(52)36(55)40(61-26)59-24-12-21(47)11-23-22(24)13-25(38(58-23)18-4-8-20(46)9-5-18)60-42-39(64-41-37(56)34(53)31(50)27(15-44)62-41)35(54)32(51)28(63-42)16-57-29(48)10-3-17-1-6-19(45)7-2-17/h1-13,23,26-28,30-37,39-47,49-56H,14-16H2. The number of allylic oxidation sites excluding steroid dienone is 2. The maximum Gasteiger partial charge on any atom is 0.330 e. The molecule has 13 N–H and O–H groups in total. The third kappa shape index (κ3) is 10.0. The Kier molecular flexibility index (Phi) is 14.6. The summed E-state index contributed by atoms with van der Waals surface area (Å²) in [5, 5.41) is 136. The Hall–Kier alpha value is -5.15. The predicted octanol–water partition coefficient (Wildman–Crippen LogP) is -2.85. The van der Waals surface area contributed by atoms with Gasteiger partial charge in [-0.05, 0) is 54.1 Å². The number of carbonyl (C=O) groups is 1. The lowest BCUT2D eigenvalue weighted by Gasteiger charge is -2.46. The van der Waals surface area contributed by atoms with E-state index in [2.05, 4.69) is 0 Å². The highest BCUT2D eigenvalue weighted by molar-refractivity contribution is 5.87. The quantitative estimate of drug-likeness (QED) is 0.0711. The summed E-state index contributed by atoms with van der Waals surface area (Å²) in [5.74, 6) is -2.04. The Morgan fingerprint density at radius 3 is 1.81 bits per heavy atom. The van der Waals surface area contributed by atoms with Crippen molar-refractivity contribution in [3.63, 3.8) is 0 Å². The number of benzene rings is 2. The second kappa shape index (κ2) is 19.9. The van der Waals surface area contributed by atoms with Crippen molar-refractivity contribution in [1.29, 1.82) is 0 Å². The van der Waals surface area contributed by atoms with E-state index in [1.807, 2.05) is 0 Å². The van der Waals surface area contributed by atoms with E-state index in [1.165, 1.54) is 66.8 Å². The lowest BCUT2D eigenvalue weighted by Crippen LogP contribution is -2.64. The van der Waals surface area contributed by atoms with Gasteiger partial charge in [0.05, 0.1) is 13.2 Å². The smallest absolute Gasteiger partial charge is 0.330 e. The average Bonchev–Trinajstić information content (AvgIpc) is 3.28. The lowest BCUT2D eigenvalue weighted by molar-refractivity contribution is -0.363. The van der Waals surface area contributed by atoms with Gasteiger partial charge in [-0.15, -0.1) is 0 Å². The van der Waals surface area contributed by atoms with Gasteiger partial charge in [0.2, 0.25) is 12.6 Å². The Labute approximate surface area is 362 Å². The number of phenols is 2. The summed E-state index contributed by atoms with van der Waals surface area (Å²) >= 11 is 0. The summed E-state index contributed by atoms with van der Waals surface area (Å²) in [6.45, 7) is -2.31. The van der Waals surface area contributed by atoms with Gasteiger partial charge < -0.3 is 104 Å². The SMILES string of the molecule is O=C(C=Cc1ccc(O)cc1)OCC1OC(OC2=C(c3ccc(O)cc3)OC3C=C(O)C=C(OC4OC(CO)C(O)C(O)C4O)C3=C2)C(OC2OC(CO)C(O)C(O)C2O)C(O)C1O. The molecule has 16 atom stereocenters. The van der Waals surface area contributed by atoms with Gasteiger partial charge in [-0.2, -0.15) is 0 Å². The van der Waals surface area contributed by atoms with E-state index in [4.69, 9.17) is 37.9 Å². The molecule has 0 saturated carbocycles. The predicted molar refractivity (Wildman–Crippen MR) is 210 cm³/mol. The summed E-state index contributed by atoms with van der Waals surface area (Å²) in [7, 11) is 0. The van der Waals surface area contributed by atoms with Crippen LogP contribution in [0.15, 0.2) is 95.7 Å². The molecule has 3 fully saturated rings. The Morgan fingerprint density at radius 2 is 1.19 bits per heavy atom. The van der Waals surface area contributed by atoms with Crippen molar-refractivity contribution in [3.05, 3.63) is 107 Å². The summed E-state index contributed by atoms with van der Waals surface area (Å²) in [4.78, 5) is 12.8. The molecule has 22 heteroatoms. The number of ether oxygens (including phenoxy) is 8. The molecular weight excluding hydrogens is 856 g/mol. The zero-order valence-corrected chi connectivity index (χ0v) is 33.4. The Bertz CT molecular complexity index is 2100. The van der Waals surface area contributed by atoms with Crippen molar-refractivity contribution >= 4 is 17.8 Å². The van der Waals surface area contributed by atoms with E-state index in [-0.39, 0.29) is 39.9 Å². The van der Waals surface area contributed by atoms with E-state index < -0.39 is 130 Å². The first-order valence-corrected chi connectivity index (χ1v) is 19.9. The zero-order valence-electron chi connectivity index (χ0n) is 33.4. The first-order chi connectivity index (χ1) is 30.6. The number of aliphatic hydroxyl groups excluding tert-OH is 11. The van der Waals surface area contributed by atoms with Crippen LogP contribution in [0.2, 0.25) is 0 Å². The highest BCUT2D eigenvalue weighted by Crippen LogP contribution is 2.41. The molecule has 16 unspecified atom stereocenters. The second-order valence-corrected chi connectivity index (χ2v) is 15.3. The number of fused-ring (bicyclic) bond motifs is 1. The molecule has 4 heterocycles. The topological polar surface area (TPSA) is 354 Å². The summed E-state index contributed by atoms with van der Waals surface area (Å²) in [6, 6.07) is 11.3. The first-order valence-electron chi connectivity index (χ1n) is 19.9. The Balaban J connectivity index is 1.23. The van der Waals surface area contributed by atoms with Crippen molar-refractivity contribution in [3.8, 4) is 11.5 Å². The number of hydrogen-bond acceptors (Lipinski definition) is 22.